The first-order valence-corrected chi connectivity index (χ1v) is 6.84. The molecule has 0 unspecified atom stereocenters. The summed E-state index contributed by atoms with van der Waals surface area (Å²) >= 11 is 0. The van der Waals surface area contributed by atoms with Crippen molar-refractivity contribution in [3.05, 3.63) is 29.8 Å². The van der Waals surface area contributed by atoms with Gasteiger partial charge in [-0.15, -0.1) is 0 Å². The van der Waals surface area contributed by atoms with Gasteiger partial charge in [0.05, 0.1) is 11.6 Å². The molecule has 1 N–H and O–H groups in total. The summed E-state index contributed by atoms with van der Waals surface area (Å²) in [5.41, 5.74) is 0.853. The van der Waals surface area contributed by atoms with Gasteiger partial charge in [0.1, 0.15) is 6.54 Å². The molecule has 0 saturated carbocycles. The maximum Gasteiger partial charge on any atom is 0.334 e. The normalized spacial score (nSPS) is 14.4. The Morgan fingerprint density at radius 2 is 1.78 bits per heavy atom. The first-order chi connectivity index (χ1) is 10.8. The Kier molecular flexibility index (Phi) is 4.41. The summed E-state index contributed by atoms with van der Waals surface area (Å²) in [6.07, 6.45) is 0. The van der Waals surface area contributed by atoms with Gasteiger partial charge in [-0.1, -0.05) is 0 Å². The molecule has 1 aromatic rings. The summed E-state index contributed by atoms with van der Waals surface area (Å²) in [6.45, 7) is 2.65. The molecule has 1 aromatic carbocycles. The zero-order valence-corrected chi connectivity index (χ0v) is 12.6. The lowest BCUT2D eigenvalue weighted by Crippen LogP contribution is -2.40. The van der Waals surface area contributed by atoms with Gasteiger partial charge in [-0.2, -0.15) is 5.26 Å². The first kappa shape index (κ1) is 16.2. The summed E-state index contributed by atoms with van der Waals surface area (Å²) in [6, 6.07) is 6.76. The van der Waals surface area contributed by atoms with Gasteiger partial charge in [0, 0.05) is 11.7 Å². The number of nitrogens with one attached hydrogen (secondary N) is 1. The third kappa shape index (κ3) is 3.18. The Labute approximate surface area is 132 Å². The van der Waals surface area contributed by atoms with Crippen LogP contribution in [0.2, 0.25) is 0 Å². The number of amides is 5. The number of rotatable bonds is 4. The molecule has 8 nitrogen and oxygen atoms in total. The summed E-state index contributed by atoms with van der Waals surface area (Å²) in [5, 5.41) is 11.2. The van der Waals surface area contributed by atoms with Crippen LogP contribution in [0.5, 0.6) is 0 Å². The van der Waals surface area contributed by atoms with Crippen molar-refractivity contribution in [1.82, 2.24) is 9.80 Å². The van der Waals surface area contributed by atoms with Gasteiger partial charge in [-0.3, -0.25) is 19.3 Å². The number of carbonyl (C=O) groups excluding carboxylic acids is 4. The molecular formula is C15H14N4O4. The van der Waals surface area contributed by atoms with E-state index in [1.807, 2.05) is 6.07 Å². The highest BCUT2D eigenvalue weighted by molar-refractivity contribution is 6.45. The molecule has 2 rings (SSSR count). The number of hydrogen-bond donors (Lipinski definition) is 1. The highest BCUT2D eigenvalue weighted by Gasteiger charge is 2.46. The predicted molar refractivity (Wildman–Crippen MR) is 78.9 cm³/mol. The van der Waals surface area contributed by atoms with Gasteiger partial charge >= 0.3 is 17.8 Å². The van der Waals surface area contributed by atoms with Crippen LogP contribution in [0, 0.1) is 11.3 Å². The van der Waals surface area contributed by atoms with E-state index in [9.17, 15) is 19.2 Å². The molecule has 1 saturated heterocycles. The molecular weight excluding hydrogens is 300 g/mol. The van der Waals surface area contributed by atoms with Crippen LogP contribution in [-0.4, -0.2) is 46.1 Å². The molecule has 5 amide bonds. The average Bonchev–Trinajstić information content (AvgIpc) is 2.71. The molecule has 1 fully saturated rings. The van der Waals surface area contributed by atoms with E-state index in [1.165, 1.54) is 24.3 Å². The van der Waals surface area contributed by atoms with Gasteiger partial charge in [0.15, 0.2) is 0 Å². The Bertz CT molecular complexity index is 718. The molecule has 1 aliphatic rings. The number of nitrogens with zero attached hydrogens (tertiary/aromatic N) is 3. The third-order valence-corrected chi connectivity index (χ3v) is 3.20. The smallest absolute Gasteiger partial charge is 0.325 e. The Balaban J connectivity index is 2.05. The zero-order chi connectivity index (χ0) is 17.1. The second-order valence-corrected chi connectivity index (χ2v) is 5.18. The van der Waals surface area contributed by atoms with E-state index in [1.54, 1.807) is 13.8 Å². The van der Waals surface area contributed by atoms with Crippen LogP contribution in [0.4, 0.5) is 10.5 Å². The molecule has 0 atom stereocenters. The number of carbonyl (C=O) groups is 4. The quantitative estimate of drug-likeness (QED) is 0.649. The van der Waals surface area contributed by atoms with E-state index in [0.717, 1.165) is 4.90 Å². The minimum Gasteiger partial charge on any atom is -0.325 e. The zero-order valence-electron chi connectivity index (χ0n) is 12.6. The van der Waals surface area contributed by atoms with Crippen LogP contribution >= 0.6 is 0 Å². The molecule has 8 heteroatoms. The Morgan fingerprint density at radius 1 is 1.17 bits per heavy atom. The van der Waals surface area contributed by atoms with Crippen molar-refractivity contribution in [2.24, 2.45) is 0 Å². The summed E-state index contributed by atoms with van der Waals surface area (Å²) < 4.78 is 0. The molecule has 118 valence electrons. The van der Waals surface area contributed by atoms with Gasteiger partial charge in [0.2, 0.25) is 5.91 Å². The van der Waals surface area contributed by atoms with E-state index in [4.69, 9.17) is 5.26 Å². The van der Waals surface area contributed by atoms with Crippen LogP contribution in [0.15, 0.2) is 24.3 Å². The van der Waals surface area contributed by atoms with Gasteiger partial charge in [-0.05, 0) is 38.1 Å². The van der Waals surface area contributed by atoms with Crippen molar-refractivity contribution in [3.63, 3.8) is 0 Å². The first-order valence-electron chi connectivity index (χ1n) is 6.84. The minimum atomic E-state index is -1.02. The fraction of sp³-hybridized carbons (Fsp3) is 0.267. The molecule has 0 radical (unpaired) electrons. The maximum atomic E-state index is 12.0. The lowest BCUT2D eigenvalue weighted by atomic mass is 10.2. The molecule has 0 aliphatic carbocycles. The van der Waals surface area contributed by atoms with E-state index in [0.29, 0.717) is 16.2 Å². The minimum absolute atomic E-state index is 0.417. The van der Waals surface area contributed by atoms with Gasteiger partial charge in [-0.25, -0.2) is 9.69 Å². The maximum absolute atomic E-state index is 12.0. The van der Waals surface area contributed by atoms with Crippen molar-refractivity contribution < 1.29 is 19.2 Å². The molecule has 0 spiro atoms. The SMILES string of the molecule is CC(C)N1C(=O)C(=O)N(CC(=O)Nc2ccc(C#N)cc2)C1=O. The number of imide groups is 2. The lowest BCUT2D eigenvalue weighted by Gasteiger charge is -2.18. The number of urea groups is 1. The average molecular weight is 314 g/mol. The fourth-order valence-electron chi connectivity index (χ4n) is 2.09. The second kappa shape index (κ2) is 6.27. The molecule has 0 aromatic heterocycles. The van der Waals surface area contributed by atoms with E-state index in [2.05, 4.69) is 5.32 Å². The number of nitriles is 1. The van der Waals surface area contributed by atoms with E-state index in [-0.39, 0.29) is 0 Å². The van der Waals surface area contributed by atoms with Crippen LogP contribution in [0.25, 0.3) is 0 Å². The molecule has 1 heterocycles. The summed E-state index contributed by atoms with van der Waals surface area (Å²) in [5.74, 6) is -2.57. The number of benzene rings is 1. The van der Waals surface area contributed by atoms with Crippen LogP contribution < -0.4 is 5.32 Å². The lowest BCUT2D eigenvalue weighted by molar-refractivity contribution is -0.144. The highest BCUT2D eigenvalue weighted by atomic mass is 16.2. The van der Waals surface area contributed by atoms with Gasteiger partial charge in [0.25, 0.3) is 0 Å². The van der Waals surface area contributed by atoms with Crippen molar-refractivity contribution in [1.29, 1.82) is 5.26 Å². The number of anilines is 1. The highest BCUT2D eigenvalue weighted by Crippen LogP contribution is 2.15. The third-order valence-electron chi connectivity index (χ3n) is 3.20. The second-order valence-electron chi connectivity index (χ2n) is 5.18. The number of hydrogen-bond acceptors (Lipinski definition) is 5. The summed E-state index contributed by atoms with van der Waals surface area (Å²) in [4.78, 5) is 48.9. The fourth-order valence-corrected chi connectivity index (χ4v) is 2.09. The van der Waals surface area contributed by atoms with Crippen molar-refractivity contribution in [3.8, 4) is 6.07 Å². The van der Waals surface area contributed by atoms with Crippen molar-refractivity contribution in [2.45, 2.75) is 19.9 Å². The summed E-state index contributed by atoms with van der Waals surface area (Å²) in [7, 11) is 0. The van der Waals surface area contributed by atoms with Crippen LogP contribution in [0.1, 0.15) is 19.4 Å². The van der Waals surface area contributed by atoms with Crippen LogP contribution in [-0.2, 0) is 14.4 Å². The van der Waals surface area contributed by atoms with Crippen LogP contribution in [0.3, 0.4) is 0 Å². The topological polar surface area (TPSA) is 111 Å². The monoisotopic (exact) mass is 314 g/mol. The molecule has 1 aliphatic heterocycles. The molecule has 23 heavy (non-hydrogen) atoms. The Hall–Kier alpha value is -3.21. The van der Waals surface area contributed by atoms with Crippen molar-refractivity contribution >= 4 is 29.4 Å². The Morgan fingerprint density at radius 3 is 2.26 bits per heavy atom. The van der Waals surface area contributed by atoms with E-state index < -0.39 is 36.3 Å². The largest absolute Gasteiger partial charge is 0.334 e. The van der Waals surface area contributed by atoms with E-state index >= 15 is 0 Å². The standard InChI is InChI=1S/C15H14N4O4/c1-9(2)19-14(22)13(21)18(15(19)23)8-12(20)17-11-5-3-10(7-16)4-6-11/h3-6,9H,8H2,1-2H3,(H,17,20). The van der Waals surface area contributed by atoms with Gasteiger partial charge < -0.3 is 5.32 Å². The predicted octanol–water partition coefficient (Wildman–Crippen LogP) is 0.696. The molecule has 0 bridgehead atoms. The van der Waals surface area contributed by atoms with Crippen molar-refractivity contribution in [2.75, 3.05) is 11.9 Å².